The summed E-state index contributed by atoms with van der Waals surface area (Å²) in [5, 5.41) is 3.37. The fourth-order valence-corrected chi connectivity index (χ4v) is 3.18. The molecule has 0 aromatic heterocycles. The number of nitrogens with one attached hydrogen (secondary N) is 1. The summed E-state index contributed by atoms with van der Waals surface area (Å²) >= 11 is 7.05. The van der Waals surface area contributed by atoms with Crippen molar-refractivity contribution >= 4 is 37.8 Å². The maximum atomic E-state index is 11.0. The van der Waals surface area contributed by atoms with E-state index in [2.05, 4.69) is 55.8 Å². The Morgan fingerprint density at radius 3 is 2.43 bits per heavy atom. The summed E-state index contributed by atoms with van der Waals surface area (Å²) in [7, 11) is 1.39. The van der Waals surface area contributed by atoms with Gasteiger partial charge in [-0.15, -0.1) is 0 Å². The molecule has 0 fully saturated rings. The highest BCUT2D eigenvalue weighted by Gasteiger charge is 2.10. The molecule has 0 bridgehead atoms. The van der Waals surface area contributed by atoms with E-state index < -0.39 is 0 Å². The van der Waals surface area contributed by atoms with Crippen LogP contribution in [0.3, 0.4) is 0 Å². The first-order chi connectivity index (χ1) is 9.93. The zero-order chi connectivity index (χ0) is 15.8. The number of halogens is 2. The van der Waals surface area contributed by atoms with Crippen LogP contribution in [-0.4, -0.2) is 25.7 Å². The SMILES string of the molecule is COC(=O)CCCOc1c(Br)cc(CNC(C)C)cc1Br. The second-order valence-corrected chi connectivity index (χ2v) is 6.66. The van der Waals surface area contributed by atoms with E-state index >= 15 is 0 Å². The van der Waals surface area contributed by atoms with Crippen molar-refractivity contribution in [2.75, 3.05) is 13.7 Å². The van der Waals surface area contributed by atoms with E-state index in [9.17, 15) is 4.79 Å². The molecule has 0 saturated carbocycles. The average Bonchev–Trinajstić information content (AvgIpc) is 2.43. The molecule has 0 aliphatic carbocycles. The molecule has 0 amide bonds. The number of ether oxygens (including phenoxy) is 2. The van der Waals surface area contributed by atoms with Crippen LogP contribution in [0.25, 0.3) is 0 Å². The molecule has 1 rings (SSSR count). The lowest BCUT2D eigenvalue weighted by atomic mass is 10.2. The Morgan fingerprint density at radius 1 is 1.29 bits per heavy atom. The average molecular weight is 423 g/mol. The molecule has 118 valence electrons. The Morgan fingerprint density at radius 2 is 1.90 bits per heavy atom. The molecule has 0 unspecified atom stereocenters. The van der Waals surface area contributed by atoms with Crippen molar-refractivity contribution in [3.63, 3.8) is 0 Å². The van der Waals surface area contributed by atoms with Gasteiger partial charge in [0.2, 0.25) is 0 Å². The number of hydrogen-bond acceptors (Lipinski definition) is 4. The van der Waals surface area contributed by atoms with Crippen LogP contribution < -0.4 is 10.1 Å². The van der Waals surface area contributed by atoms with Gasteiger partial charge in [-0.05, 0) is 56.0 Å². The highest BCUT2D eigenvalue weighted by molar-refractivity contribution is 9.11. The predicted octanol–water partition coefficient (Wildman–Crippen LogP) is 4.04. The maximum Gasteiger partial charge on any atom is 0.305 e. The van der Waals surface area contributed by atoms with E-state index in [1.54, 1.807) is 0 Å². The van der Waals surface area contributed by atoms with E-state index in [0.29, 0.717) is 25.5 Å². The van der Waals surface area contributed by atoms with Gasteiger partial charge in [0, 0.05) is 19.0 Å². The minimum atomic E-state index is -0.216. The third-order valence-corrected chi connectivity index (χ3v) is 3.95. The maximum absolute atomic E-state index is 11.0. The van der Waals surface area contributed by atoms with Crippen LogP contribution in [0, 0.1) is 0 Å². The van der Waals surface area contributed by atoms with Gasteiger partial charge in [-0.1, -0.05) is 13.8 Å². The molecule has 0 spiro atoms. The Balaban J connectivity index is 2.57. The van der Waals surface area contributed by atoms with Crippen LogP contribution in [0.15, 0.2) is 21.1 Å². The normalized spacial score (nSPS) is 10.8. The van der Waals surface area contributed by atoms with Gasteiger partial charge in [0.25, 0.3) is 0 Å². The fraction of sp³-hybridized carbons (Fsp3) is 0.533. The minimum absolute atomic E-state index is 0.216. The number of carbonyl (C=O) groups is 1. The van der Waals surface area contributed by atoms with Crippen LogP contribution in [-0.2, 0) is 16.1 Å². The van der Waals surface area contributed by atoms with E-state index in [0.717, 1.165) is 21.2 Å². The van der Waals surface area contributed by atoms with Gasteiger partial charge in [0.15, 0.2) is 0 Å². The van der Waals surface area contributed by atoms with E-state index in [-0.39, 0.29) is 5.97 Å². The highest BCUT2D eigenvalue weighted by atomic mass is 79.9. The topological polar surface area (TPSA) is 47.6 Å². The third kappa shape index (κ3) is 6.80. The molecule has 0 atom stereocenters. The first kappa shape index (κ1) is 18.5. The molecule has 0 aliphatic heterocycles. The van der Waals surface area contributed by atoms with Crippen molar-refractivity contribution < 1.29 is 14.3 Å². The van der Waals surface area contributed by atoms with Gasteiger partial charge >= 0.3 is 5.97 Å². The number of benzene rings is 1. The lowest BCUT2D eigenvalue weighted by molar-refractivity contribution is -0.140. The standard InChI is InChI=1S/C15H21Br2NO3/c1-10(2)18-9-11-7-12(16)15(13(17)8-11)21-6-4-5-14(19)20-3/h7-8,10,18H,4-6,9H2,1-3H3. The van der Waals surface area contributed by atoms with Gasteiger partial charge in [-0.25, -0.2) is 0 Å². The predicted molar refractivity (Wildman–Crippen MR) is 90.6 cm³/mol. The van der Waals surface area contributed by atoms with Crippen LogP contribution in [0.2, 0.25) is 0 Å². The summed E-state index contributed by atoms with van der Waals surface area (Å²) in [4.78, 5) is 11.0. The molecular weight excluding hydrogens is 402 g/mol. The Hall–Kier alpha value is -0.590. The third-order valence-electron chi connectivity index (χ3n) is 2.77. The summed E-state index contributed by atoms with van der Waals surface area (Å²) in [5.41, 5.74) is 1.17. The lowest BCUT2D eigenvalue weighted by Gasteiger charge is -2.13. The zero-order valence-electron chi connectivity index (χ0n) is 12.5. The second-order valence-electron chi connectivity index (χ2n) is 4.95. The number of esters is 1. The fourth-order valence-electron chi connectivity index (χ4n) is 1.67. The highest BCUT2D eigenvalue weighted by Crippen LogP contribution is 2.35. The van der Waals surface area contributed by atoms with Crippen LogP contribution >= 0.6 is 31.9 Å². The molecule has 0 saturated heterocycles. The molecule has 6 heteroatoms. The van der Waals surface area contributed by atoms with Crippen LogP contribution in [0.5, 0.6) is 5.75 Å². The first-order valence-corrected chi connectivity index (χ1v) is 8.43. The summed E-state index contributed by atoms with van der Waals surface area (Å²) in [6.07, 6.45) is 0.990. The molecular formula is C15H21Br2NO3. The van der Waals surface area contributed by atoms with Crippen molar-refractivity contribution in [3.05, 3.63) is 26.6 Å². The van der Waals surface area contributed by atoms with Crippen molar-refractivity contribution in [2.45, 2.75) is 39.3 Å². The summed E-state index contributed by atoms with van der Waals surface area (Å²) < 4.78 is 12.1. The van der Waals surface area contributed by atoms with Crippen molar-refractivity contribution in [1.29, 1.82) is 0 Å². The Kier molecular flexibility index (Phi) is 8.29. The Labute approximate surface area is 142 Å². The number of rotatable bonds is 8. The van der Waals surface area contributed by atoms with E-state index in [1.165, 1.54) is 12.7 Å². The minimum Gasteiger partial charge on any atom is -0.491 e. The van der Waals surface area contributed by atoms with Gasteiger partial charge in [0.1, 0.15) is 5.75 Å². The van der Waals surface area contributed by atoms with E-state index in [1.807, 2.05) is 12.1 Å². The monoisotopic (exact) mass is 421 g/mol. The molecule has 21 heavy (non-hydrogen) atoms. The van der Waals surface area contributed by atoms with Gasteiger partial charge in [-0.2, -0.15) is 0 Å². The number of carbonyl (C=O) groups excluding carboxylic acids is 1. The lowest BCUT2D eigenvalue weighted by Crippen LogP contribution is -2.21. The molecule has 1 N–H and O–H groups in total. The molecule has 0 radical (unpaired) electrons. The largest absolute Gasteiger partial charge is 0.491 e. The van der Waals surface area contributed by atoms with E-state index in [4.69, 9.17) is 4.74 Å². The smallest absolute Gasteiger partial charge is 0.305 e. The van der Waals surface area contributed by atoms with Crippen molar-refractivity contribution in [1.82, 2.24) is 5.32 Å². The molecule has 1 aromatic carbocycles. The molecule has 0 heterocycles. The zero-order valence-corrected chi connectivity index (χ0v) is 15.7. The van der Waals surface area contributed by atoms with Crippen LogP contribution in [0.4, 0.5) is 0 Å². The summed E-state index contributed by atoms with van der Waals surface area (Å²) in [6.45, 7) is 5.50. The number of methoxy groups -OCH3 is 1. The quantitative estimate of drug-likeness (QED) is 0.507. The van der Waals surface area contributed by atoms with Gasteiger partial charge < -0.3 is 14.8 Å². The number of hydrogen-bond donors (Lipinski definition) is 1. The Bertz CT molecular complexity index is 455. The molecule has 0 aliphatic rings. The van der Waals surface area contributed by atoms with Gasteiger partial charge in [0.05, 0.1) is 22.7 Å². The van der Waals surface area contributed by atoms with Gasteiger partial charge in [-0.3, -0.25) is 4.79 Å². The van der Waals surface area contributed by atoms with Crippen molar-refractivity contribution in [2.24, 2.45) is 0 Å². The first-order valence-electron chi connectivity index (χ1n) is 6.85. The summed E-state index contributed by atoms with van der Waals surface area (Å²) in [6, 6.07) is 4.52. The van der Waals surface area contributed by atoms with Crippen LogP contribution in [0.1, 0.15) is 32.3 Å². The van der Waals surface area contributed by atoms with Crippen molar-refractivity contribution in [3.8, 4) is 5.75 Å². The molecule has 1 aromatic rings. The second kappa shape index (κ2) is 9.43. The summed E-state index contributed by atoms with van der Waals surface area (Å²) in [5.74, 6) is 0.542. The molecule has 4 nitrogen and oxygen atoms in total.